The molecule has 18 heavy (non-hydrogen) atoms. The van der Waals surface area contributed by atoms with Crippen LogP contribution in [-0.4, -0.2) is 30.9 Å². The Balaban J connectivity index is 2.20. The van der Waals surface area contributed by atoms with Crippen molar-refractivity contribution in [1.29, 1.82) is 0 Å². The maximum Gasteiger partial charge on any atom is 0.0897 e. The third-order valence-corrected chi connectivity index (χ3v) is 2.74. The Hall–Kier alpha value is -0.900. The van der Waals surface area contributed by atoms with Gasteiger partial charge in [0, 0.05) is 6.54 Å². The van der Waals surface area contributed by atoms with Crippen molar-refractivity contribution in [2.24, 2.45) is 5.92 Å². The van der Waals surface area contributed by atoms with Gasteiger partial charge in [0.1, 0.15) is 0 Å². The van der Waals surface area contributed by atoms with E-state index < -0.39 is 6.10 Å². The summed E-state index contributed by atoms with van der Waals surface area (Å²) in [6.07, 6.45) is -0.430. The van der Waals surface area contributed by atoms with Crippen LogP contribution in [0.3, 0.4) is 0 Å². The molecule has 2 atom stereocenters. The van der Waals surface area contributed by atoms with E-state index in [2.05, 4.69) is 19.2 Å². The van der Waals surface area contributed by atoms with Crippen LogP contribution in [0, 0.1) is 5.92 Å². The summed E-state index contributed by atoms with van der Waals surface area (Å²) in [5.74, 6) is 0.598. The fourth-order valence-electron chi connectivity index (χ4n) is 1.67. The first-order valence-electron chi connectivity index (χ1n) is 6.65. The standard InChI is InChI=1S/C15H25NO2/c1-12(2)9-16-10-15(17)11-18-13(3)14-7-5-4-6-8-14/h4-8,12-13,15-17H,9-11H2,1-3H3/t13-,15+/m1/s1. The zero-order valence-corrected chi connectivity index (χ0v) is 11.6. The van der Waals surface area contributed by atoms with E-state index in [9.17, 15) is 5.11 Å². The quantitative estimate of drug-likeness (QED) is 0.745. The Morgan fingerprint density at radius 2 is 1.78 bits per heavy atom. The molecule has 1 aromatic rings. The van der Waals surface area contributed by atoms with Crippen LogP contribution in [0.4, 0.5) is 0 Å². The second kappa shape index (κ2) is 8.25. The van der Waals surface area contributed by atoms with Crippen LogP contribution in [0.5, 0.6) is 0 Å². The molecule has 0 aliphatic carbocycles. The fraction of sp³-hybridized carbons (Fsp3) is 0.600. The van der Waals surface area contributed by atoms with E-state index in [0.717, 1.165) is 12.1 Å². The second-order valence-corrected chi connectivity index (χ2v) is 5.09. The van der Waals surface area contributed by atoms with E-state index in [4.69, 9.17) is 4.74 Å². The van der Waals surface area contributed by atoms with Crippen molar-refractivity contribution in [2.45, 2.75) is 33.0 Å². The summed E-state index contributed by atoms with van der Waals surface area (Å²) >= 11 is 0. The number of nitrogens with one attached hydrogen (secondary N) is 1. The molecule has 0 unspecified atom stereocenters. The lowest BCUT2D eigenvalue weighted by Gasteiger charge is -2.17. The summed E-state index contributed by atoms with van der Waals surface area (Å²) < 4.78 is 5.66. The van der Waals surface area contributed by atoms with Crippen LogP contribution in [0.15, 0.2) is 30.3 Å². The predicted molar refractivity (Wildman–Crippen MR) is 74.5 cm³/mol. The van der Waals surface area contributed by atoms with Gasteiger partial charge in [-0.05, 0) is 24.9 Å². The Labute approximate surface area is 110 Å². The number of benzene rings is 1. The highest BCUT2D eigenvalue weighted by Gasteiger charge is 2.09. The summed E-state index contributed by atoms with van der Waals surface area (Å²) in [6, 6.07) is 10.1. The molecule has 0 aliphatic heterocycles. The Bertz CT molecular complexity index is 314. The molecule has 102 valence electrons. The lowest BCUT2D eigenvalue weighted by molar-refractivity contribution is -0.00215. The van der Waals surface area contributed by atoms with Crippen LogP contribution >= 0.6 is 0 Å². The molecule has 0 aromatic heterocycles. The van der Waals surface area contributed by atoms with E-state index in [1.165, 1.54) is 0 Å². The molecular formula is C15H25NO2. The largest absolute Gasteiger partial charge is 0.389 e. The van der Waals surface area contributed by atoms with Gasteiger partial charge in [-0.3, -0.25) is 0 Å². The van der Waals surface area contributed by atoms with Crippen LogP contribution in [-0.2, 0) is 4.74 Å². The maximum absolute atomic E-state index is 9.77. The molecule has 1 aromatic carbocycles. The van der Waals surface area contributed by atoms with Crippen LogP contribution < -0.4 is 5.32 Å². The highest BCUT2D eigenvalue weighted by Crippen LogP contribution is 2.15. The SMILES string of the molecule is CC(C)CNC[C@H](O)CO[C@H](C)c1ccccc1. The zero-order chi connectivity index (χ0) is 13.4. The first-order chi connectivity index (χ1) is 8.59. The molecule has 0 heterocycles. The average Bonchev–Trinajstić information content (AvgIpc) is 2.36. The molecule has 0 saturated carbocycles. The number of rotatable bonds is 8. The minimum Gasteiger partial charge on any atom is -0.389 e. The van der Waals surface area contributed by atoms with Gasteiger partial charge in [-0.15, -0.1) is 0 Å². The molecule has 1 rings (SSSR count). The van der Waals surface area contributed by atoms with Gasteiger partial charge in [-0.2, -0.15) is 0 Å². The molecule has 3 heteroatoms. The molecule has 0 radical (unpaired) electrons. The van der Waals surface area contributed by atoms with E-state index in [1.807, 2.05) is 37.3 Å². The molecule has 0 aliphatic rings. The summed E-state index contributed by atoms with van der Waals surface area (Å²) in [6.45, 7) is 8.16. The summed E-state index contributed by atoms with van der Waals surface area (Å²) in [7, 11) is 0. The summed E-state index contributed by atoms with van der Waals surface area (Å²) in [4.78, 5) is 0. The van der Waals surface area contributed by atoms with Gasteiger partial charge in [0.05, 0.1) is 18.8 Å². The molecule has 0 spiro atoms. The van der Waals surface area contributed by atoms with E-state index in [1.54, 1.807) is 0 Å². The first-order valence-corrected chi connectivity index (χ1v) is 6.65. The fourth-order valence-corrected chi connectivity index (χ4v) is 1.67. The maximum atomic E-state index is 9.77. The van der Waals surface area contributed by atoms with E-state index >= 15 is 0 Å². The Morgan fingerprint density at radius 1 is 1.11 bits per heavy atom. The van der Waals surface area contributed by atoms with Crippen molar-refractivity contribution < 1.29 is 9.84 Å². The van der Waals surface area contributed by atoms with Crippen molar-refractivity contribution in [3.63, 3.8) is 0 Å². The highest BCUT2D eigenvalue weighted by molar-refractivity contribution is 5.16. The number of ether oxygens (including phenoxy) is 1. The Kier molecular flexibility index (Phi) is 6.94. The predicted octanol–water partition coefficient (Wildman–Crippen LogP) is 2.37. The van der Waals surface area contributed by atoms with Gasteiger partial charge in [-0.25, -0.2) is 0 Å². The highest BCUT2D eigenvalue weighted by atomic mass is 16.5. The van der Waals surface area contributed by atoms with Gasteiger partial charge in [-0.1, -0.05) is 44.2 Å². The normalized spacial score (nSPS) is 14.7. The summed E-state index contributed by atoms with van der Waals surface area (Å²) in [5, 5.41) is 13.0. The van der Waals surface area contributed by atoms with Gasteiger partial charge < -0.3 is 15.2 Å². The summed E-state index contributed by atoms with van der Waals surface area (Å²) in [5.41, 5.74) is 1.14. The van der Waals surface area contributed by atoms with Gasteiger partial charge in [0.15, 0.2) is 0 Å². The van der Waals surface area contributed by atoms with Gasteiger partial charge in [0.25, 0.3) is 0 Å². The lowest BCUT2D eigenvalue weighted by Crippen LogP contribution is -2.32. The monoisotopic (exact) mass is 251 g/mol. The minimum atomic E-state index is -0.449. The van der Waals surface area contributed by atoms with Crippen molar-refractivity contribution in [2.75, 3.05) is 19.7 Å². The van der Waals surface area contributed by atoms with Crippen LogP contribution in [0.1, 0.15) is 32.4 Å². The van der Waals surface area contributed by atoms with Crippen molar-refractivity contribution in [3.8, 4) is 0 Å². The molecular weight excluding hydrogens is 226 g/mol. The second-order valence-electron chi connectivity index (χ2n) is 5.09. The van der Waals surface area contributed by atoms with E-state index in [-0.39, 0.29) is 6.10 Å². The number of hydrogen-bond donors (Lipinski definition) is 2. The first kappa shape index (κ1) is 15.2. The Morgan fingerprint density at radius 3 is 2.39 bits per heavy atom. The average molecular weight is 251 g/mol. The zero-order valence-electron chi connectivity index (χ0n) is 11.6. The molecule has 0 amide bonds. The number of hydrogen-bond acceptors (Lipinski definition) is 3. The third kappa shape index (κ3) is 6.15. The third-order valence-electron chi connectivity index (χ3n) is 2.74. The number of aliphatic hydroxyl groups is 1. The minimum absolute atomic E-state index is 0.0194. The van der Waals surface area contributed by atoms with Gasteiger partial charge >= 0.3 is 0 Å². The van der Waals surface area contributed by atoms with Crippen molar-refractivity contribution in [1.82, 2.24) is 5.32 Å². The van der Waals surface area contributed by atoms with Gasteiger partial charge in [0.2, 0.25) is 0 Å². The molecule has 0 bridgehead atoms. The lowest BCUT2D eigenvalue weighted by atomic mass is 10.1. The smallest absolute Gasteiger partial charge is 0.0897 e. The molecule has 0 saturated heterocycles. The van der Waals surface area contributed by atoms with Crippen molar-refractivity contribution >= 4 is 0 Å². The molecule has 2 N–H and O–H groups in total. The van der Waals surface area contributed by atoms with Crippen LogP contribution in [0.2, 0.25) is 0 Å². The van der Waals surface area contributed by atoms with E-state index in [0.29, 0.717) is 19.1 Å². The molecule has 0 fully saturated rings. The van der Waals surface area contributed by atoms with Crippen molar-refractivity contribution in [3.05, 3.63) is 35.9 Å². The molecule has 3 nitrogen and oxygen atoms in total. The van der Waals surface area contributed by atoms with Crippen LogP contribution in [0.25, 0.3) is 0 Å². The topological polar surface area (TPSA) is 41.5 Å². The number of aliphatic hydroxyl groups excluding tert-OH is 1.